The molecule has 2 aromatic carbocycles. The standard InChI is InChI=1S/C17H22N2/c1-3-14-8-10-16(11-9-14)17(19-18)12-15-6-4-13(2)5-7-15/h4-11,17,19H,3,12,18H2,1-2H3. The van der Waals surface area contributed by atoms with E-state index >= 15 is 0 Å². The van der Waals surface area contributed by atoms with Crippen molar-refractivity contribution in [1.29, 1.82) is 0 Å². The van der Waals surface area contributed by atoms with Crippen LogP contribution in [0.3, 0.4) is 0 Å². The molecule has 0 bridgehead atoms. The van der Waals surface area contributed by atoms with Crippen LogP contribution < -0.4 is 11.3 Å². The summed E-state index contributed by atoms with van der Waals surface area (Å²) in [6.45, 7) is 4.27. The lowest BCUT2D eigenvalue weighted by molar-refractivity contribution is 0.552. The quantitative estimate of drug-likeness (QED) is 0.634. The lowest BCUT2D eigenvalue weighted by Gasteiger charge is -2.17. The number of hydrogen-bond donors (Lipinski definition) is 2. The van der Waals surface area contributed by atoms with Gasteiger partial charge in [-0.1, -0.05) is 61.0 Å². The molecule has 1 unspecified atom stereocenters. The summed E-state index contributed by atoms with van der Waals surface area (Å²) in [5.74, 6) is 5.70. The first-order chi connectivity index (χ1) is 9.22. The fourth-order valence-corrected chi connectivity index (χ4v) is 2.22. The van der Waals surface area contributed by atoms with Crippen LogP contribution in [0, 0.1) is 6.92 Å². The molecule has 19 heavy (non-hydrogen) atoms. The minimum absolute atomic E-state index is 0.161. The van der Waals surface area contributed by atoms with Gasteiger partial charge in [0, 0.05) is 6.04 Å². The van der Waals surface area contributed by atoms with Crippen LogP contribution in [-0.4, -0.2) is 0 Å². The molecule has 100 valence electrons. The third-order valence-corrected chi connectivity index (χ3v) is 3.55. The molecule has 0 amide bonds. The van der Waals surface area contributed by atoms with Crippen LogP contribution in [0.2, 0.25) is 0 Å². The van der Waals surface area contributed by atoms with Crippen molar-refractivity contribution in [1.82, 2.24) is 5.43 Å². The summed E-state index contributed by atoms with van der Waals surface area (Å²) in [7, 11) is 0. The lowest BCUT2D eigenvalue weighted by atomic mass is 9.97. The first-order valence-corrected chi connectivity index (χ1v) is 6.83. The average Bonchev–Trinajstić information content (AvgIpc) is 2.47. The van der Waals surface area contributed by atoms with Crippen molar-refractivity contribution in [2.24, 2.45) is 5.84 Å². The summed E-state index contributed by atoms with van der Waals surface area (Å²) < 4.78 is 0. The van der Waals surface area contributed by atoms with Crippen molar-refractivity contribution >= 4 is 0 Å². The van der Waals surface area contributed by atoms with E-state index in [0.29, 0.717) is 0 Å². The van der Waals surface area contributed by atoms with Crippen molar-refractivity contribution in [3.8, 4) is 0 Å². The van der Waals surface area contributed by atoms with Gasteiger partial charge in [0.1, 0.15) is 0 Å². The van der Waals surface area contributed by atoms with Gasteiger partial charge in [0.15, 0.2) is 0 Å². The molecule has 0 aliphatic rings. The summed E-state index contributed by atoms with van der Waals surface area (Å²) in [6, 6.07) is 17.5. The fraction of sp³-hybridized carbons (Fsp3) is 0.294. The van der Waals surface area contributed by atoms with E-state index in [0.717, 1.165) is 12.8 Å². The Balaban J connectivity index is 2.12. The zero-order chi connectivity index (χ0) is 13.7. The Morgan fingerprint density at radius 2 is 1.53 bits per heavy atom. The minimum atomic E-state index is 0.161. The van der Waals surface area contributed by atoms with Crippen LogP contribution in [0.25, 0.3) is 0 Å². The number of hydrazine groups is 1. The predicted octanol–water partition coefficient (Wildman–Crippen LogP) is 3.30. The van der Waals surface area contributed by atoms with Crippen molar-refractivity contribution in [3.05, 3.63) is 70.8 Å². The molecule has 0 aliphatic carbocycles. The van der Waals surface area contributed by atoms with E-state index in [1.165, 1.54) is 22.3 Å². The maximum Gasteiger partial charge on any atom is 0.0500 e. The van der Waals surface area contributed by atoms with E-state index in [-0.39, 0.29) is 6.04 Å². The van der Waals surface area contributed by atoms with E-state index in [1.807, 2.05) is 0 Å². The smallest absolute Gasteiger partial charge is 0.0500 e. The fourth-order valence-electron chi connectivity index (χ4n) is 2.22. The Morgan fingerprint density at radius 3 is 2.05 bits per heavy atom. The van der Waals surface area contributed by atoms with Crippen LogP contribution in [0.4, 0.5) is 0 Å². The maximum absolute atomic E-state index is 5.70. The number of nitrogens with one attached hydrogen (secondary N) is 1. The minimum Gasteiger partial charge on any atom is -0.271 e. The van der Waals surface area contributed by atoms with E-state index in [1.54, 1.807) is 0 Å². The second kappa shape index (κ2) is 6.50. The van der Waals surface area contributed by atoms with Gasteiger partial charge < -0.3 is 0 Å². The molecule has 1 atom stereocenters. The number of aryl methyl sites for hydroxylation is 2. The van der Waals surface area contributed by atoms with E-state index in [2.05, 4.69) is 67.8 Å². The summed E-state index contributed by atoms with van der Waals surface area (Å²) in [5, 5.41) is 0. The van der Waals surface area contributed by atoms with Crippen LogP contribution in [0.1, 0.15) is 35.2 Å². The predicted molar refractivity (Wildman–Crippen MR) is 80.8 cm³/mol. The zero-order valence-electron chi connectivity index (χ0n) is 11.7. The molecule has 0 saturated heterocycles. The molecule has 0 fully saturated rings. The van der Waals surface area contributed by atoms with Crippen molar-refractivity contribution in [2.45, 2.75) is 32.7 Å². The van der Waals surface area contributed by atoms with Gasteiger partial charge in [0.2, 0.25) is 0 Å². The molecule has 0 saturated carbocycles. The van der Waals surface area contributed by atoms with Gasteiger partial charge in [-0.15, -0.1) is 0 Å². The molecule has 0 radical (unpaired) electrons. The van der Waals surface area contributed by atoms with Gasteiger partial charge in [-0.2, -0.15) is 0 Å². The van der Waals surface area contributed by atoms with Gasteiger partial charge in [-0.25, -0.2) is 0 Å². The van der Waals surface area contributed by atoms with Gasteiger partial charge >= 0.3 is 0 Å². The molecular formula is C17H22N2. The molecule has 0 aromatic heterocycles. The van der Waals surface area contributed by atoms with Crippen molar-refractivity contribution < 1.29 is 0 Å². The van der Waals surface area contributed by atoms with Crippen molar-refractivity contribution in [3.63, 3.8) is 0 Å². The Morgan fingerprint density at radius 1 is 0.947 bits per heavy atom. The monoisotopic (exact) mass is 254 g/mol. The second-order valence-electron chi connectivity index (χ2n) is 5.00. The van der Waals surface area contributed by atoms with E-state index < -0.39 is 0 Å². The number of benzene rings is 2. The Bertz CT molecular complexity index is 500. The third-order valence-electron chi connectivity index (χ3n) is 3.55. The van der Waals surface area contributed by atoms with Gasteiger partial charge in [0.05, 0.1) is 0 Å². The highest BCUT2D eigenvalue weighted by Crippen LogP contribution is 2.19. The largest absolute Gasteiger partial charge is 0.271 e. The summed E-state index contributed by atoms with van der Waals surface area (Å²) in [5.41, 5.74) is 8.10. The Hall–Kier alpha value is -1.64. The topological polar surface area (TPSA) is 38.0 Å². The molecule has 2 nitrogen and oxygen atoms in total. The molecular weight excluding hydrogens is 232 g/mol. The number of nitrogens with two attached hydrogens (primary N) is 1. The third kappa shape index (κ3) is 3.66. The Kier molecular flexibility index (Phi) is 4.72. The highest BCUT2D eigenvalue weighted by Gasteiger charge is 2.10. The van der Waals surface area contributed by atoms with Crippen LogP contribution >= 0.6 is 0 Å². The summed E-state index contributed by atoms with van der Waals surface area (Å²) in [4.78, 5) is 0. The molecule has 0 aliphatic heterocycles. The average molecular weight is 254 g/mol. The SMILES string of the molecule is CCc1ccc(C(Cc2ccc(C)cc2)NN)cc1. The van der Waals surface area contributed by atoms with E-state index in [9.17, 15) is 0 Å². The van der Waals surface area contributed by atoms with Crippen LogP contribution in [0.15, 0.2) is 48.5 Å². The first kappa shape index (κ1) is 13.8. The molecule has 0 heterocycles. The van der Waals surface area contributed by atoms with Crippen molar-refractivity contribution in [2.75, 3.05) is 0 Å². The van der Waals surface area contributed by atoms with Gasteiger partial charge in [0.25, 0.3) is 0 Å². The molecule has 2 heteroatoms. The molecule has 2 aromatic rings. The first-order valence-electron chi connectivity index (χ1n) is 6.83. The molecule has 2 rings (SSSR count). The molecule has 3 N–H and O–H groups in total. The second-order valence-corrected chi connectivity index (χ2v) is 5.00. The highest BCUT2D eigenvalue weighted by molar-refractivity contribution is 5.28. The van der Waals surface area contributed by atoms with Crippen LogP contribution in [0.5, 0.6) is 0 Å². The van der Waals surface area contributed by atoms with Crippen LogP contribution in [-0.2, 0) is 12.8 Å². The van der Waals surface area contributed by atoms with E-state index in [4.69, 9.17) is 5.84 Å². The maximum atomic E-state index is 5.70. The van der Waals surface area contributed by atoms with Gasteiger partial charge in [-0.05, 0) is 36.5 Å². The van der Waals surface area contributed by atoms with Gasteiger partial charge in [-0.3, -0.25) is 11.3 Å². The number of rotatable bonds is 5. The number of hydrogen-bond acceptors (Lipinski definition) is 2. The molecule has 0 spiro atoms. The highest BCUT2D eigenvalue weighted by atomic mass is 15.2. The summed E-state index contributed by atoms with van der Waals surface area (Å²) >= 11 is 0. The normalized spacial score (nSPS) is 12.4. The zero-order valence-corrected chi connectivity index (χ0v) is 11.7. The summed E-state index contributed by atoms with van der Waals surface area (Å²) in [6.07, 6.45) is 1.97. The Labute approximate surface area is 115 Å². The lowest BCUT2D eigenvalue weighted by Crippen LogP contribution is -2.29.